The lowest BCUT2D eigenvalue weighted by atomic mass is 10.2. The lowest BCUT2D eigenvalue weighted by molar-refractivity contribution is 0.0953. The normalized spacial score (nSPS) is 12.6. The van der Waals surface area contributed by atoms with Crippen LogP contribution >= 0.6 is 11.6 Å². The highest BCUT2D eigenvalue weighted by Gasteiger charge is 2.20. The summed E-state index contributed by atoms with van der Waals surface area (Å²) in [5, 5.41) is 6.09. The van der Waals surface area contributed by atoms with E-state index in [2.05, 4.69) is 10.6 Å². The van der Waals surface area contributed by atoms with E-state index in [4.69, 9.17) is 21.1 Å². The van der Waals surface area contributed by atoms with Gasteiger partial charge in [-0.3, -0.25) is 4.79 Å². The van der Waals surface area contributed by atoms with Crippen molar-refractivity contribution in [2.24, 2.45) is 0 Å². The first kappa shape index (κ1) is 12.0. The van der Waals surface area contributed by atoms with Crippen molar-refractivity contribution in [3.63, 3.8) is 0 Å². The molecule has 0 saturated heterocycles. The smallest absolute Gasteiger partial charge is 0.251 e. The maximum atomic E-state index is 11.8. The number of ether oxygens (including phenoxy) is 2. The van der Waals surface area contributed by atoms with Gasteiger partial charge in [0, 0.05) is 18.7 Å². The number of amides is 1. The molecule has 0 aromatic heterocycles. The number of nitrogens with one attached hydrogen (secondary N) is 2. The van der Waals surface area contributed by atoms with E-state index in [1.54, 1.807) is 12.1 Å². The summed E-state index contributed by atoms with van der Waals surface area (Å²) in [5.74, 6) is 0.829. The molecular formula is C11H13ClN2O3. The molecule has 0 saturated carbocycles. The predicted molar refractivity (Wildman–Crippen MR) is 63.8 cm³/mol. The van der Waals surface area contributed by atoms with Gasteiger partial charge in [-0.2, -0.15) is 0 Å². The summed E-state index contributed by atoms with van der Waals surface area (Å²) < 4.78 is 10.4. The highest BCUT2D eigenvalue weighted by Crippen LogP contribution is 2.39. The van der Waals surface area contributed by atoms with Gasteiger partial charge in [-0.1, -0.05) is 11.6 Å². The first-order chi connectivity index (χ1) is 8.22. The molecule has 0 aliphatic carbocycles. The molecule has 92 valence electrons. The first-order valence-electron chi connectivity index (χ1n) is 5.24. The van der Waals surface area contributed by atoms with Crippen LogP contribution in [0.25, 0.3) is 0 Å². The fraction of sp³-hybridized carbons (Fsp3) is 0.364. The molecule has 1 aliphatic rings. The molecule has 2 rings (SSSR count). The Morgan fingerprint density at radius 3 is 3.00 bits per heavy atom. The van der Waals surface area contributed by atoms with Crippen LogP contribution in [-0.2, 0) is 0 Å². The molecule has 17 heavy (non-hydrogen) atoms. The molecule has 0 atom stereocenters. The standard InChI is InChI=1S/C11H13ClN2O3/c1-13-2-3-14-11(15)7-4-8(12)10-9(5-7)16-6-17-10/h4-5,13H,2-3,6H2,1H3,(H,14,15). The van der Waals surface area contributed by atoms with E-state index in [0.29, 0.717) is 35.2 Å². The Morgan fingerprint density at radius 2 is 2.24 bits per heavy atom. The maximum Gasteiger partial charge on any atom is 0.251 e. The molecule has 2 N–H and O–H groups in total. The van der Waals surface area contributed by atoms with Crippen molar-refractivity contribution in [2.45, 2.75) is 0 Å². The van der Waals surface area contributed by atoms with Gasteiger partial charge < -0.3 is 20.1 Å². The molecule has 1 amide bonds. The van der Waals surface area contributed by atoms with Crippen LogP contribution in [0.1, 0.15) is 10.4 Å². The number of rotatable bonds is 4. The van der Waals surface area contributed by atoms with Crippen molar-refractivity contribution >= 4 is 17.5 Å². The average molecular weight is 257 g/mol. The predicted octanol–water partition coefficient (Wildman–Crippen LogP) is 1.02. The van der Waals surface area contributed by atoms with Crippen LogP contribution in [0.15, 0.2) is 12.1 Å². The van der Waals surface area contributed by atoms with Crippen LogP contribution in [0, 0.1) is 0 Å². The number of likely N-dealkylation sites (N-methyl/N-ethyl adjacent to an activating group) is 1. The molecule has 1 aliphatic heterocycles. The number of hydrogen-bond donors (Lipinski definition) is 2. The van der Waals surface area contributed by atoms with Gasteiger partial charge in [0.05, 0.1) is 5.02 Å². The van der Waals surface area contributed by atoms with Crippen molar-refractivity contribution in [3.05, 3.63) is 22.7 Å². The second-order valence-electron chi connectivity index (χ2n) is 3.55. The second kappa shape index (κ2) is 5.25. The zero-order chi connectivity index (χ0) is 12.3. The third-order valence-corrected chi connectivity index (χ3v) is 2.63. The summed E-state index contributed by atoms with van der Waals surface area (Å²) in [5.41, 5.74) is 0.468. The Hall–Kier alpha value is -1.46. The van der Waals surface area contributed by atoms with E-state index >= 15 is 0 Å². The minimum Gasteiger partial charge on any atom is -0.454 e. The Labute approximate surface area is 104 Å². The van der Waals surface area contributed by atoms with Gasteiger partial charge in [0.2, 0.25) is 6.79 Å². The fourth-order valence-corrected chi connectivity index (χ4v) is 1.77. The number of fused-ring (bicyclic) bond motifs is 1. The zero-order valence-electron chi connectivity index (χ0n) is 9.38. The number of carbonyl (C=O) groups is 1. The summed E-state index contributed by atoms with van der Waals surface area (Å²) in [7, 11) is 1.82. The van der Waals surface area contributed by atoms with Crippen molar-refractivity contribution in [2.75, 3.05) is 26.9 Å². The van der Waals surface area contributed by atoms with Crippen molar-refractivity contribution in [3.8, 4) is 11.5 Å². The molecule has 1 aromatic rings. The van der Waals surface area contributed by atoms with Gasteiger partial charge in [-0.05, 0) is 19.2 Å². The Kier molecular flexibility index (Phi) is 3.71. The van der Waals surface area contributed by atoms with Gasteiger partial charge in [0.1, 0.15) is 0 Å². The summed E-state index contributed by atoms with van der Waals surface area (Å²) in [6.45, 7) is 1.41. The summed E-state index contributed by atoms with van der Waals surface area (Å²) >= 11 is 5.98. The third kappa shape index (κ3) is 2.62. The van der Waals surface area contributed by atoms with Gasteiger partial charge in [0.25, 0.3) is 5.91 Å². The number of benzene rings is 1. The average Bonchev–Trinajstić information content (AvgIpc) is 2.77. The Morgan fingerprint density at radius 1 is 1.41 bits per heavy atom. The molecule has 1 heterocycles. The Balaban J connectivity index is 2.11. The molecule has 0 bridgehead atoms. The molecule has 0 spiro atoms. The molecular weight excluding hydrogens is 244 g/mol. The third-order valence-electron chi connectivity index (χ3n) is 2.35. The van der Waals surface area contributed by atoms with Crippen LogP contribution in [-0.4, -0.2) is 32.8 Å². The van der Waals surface area contributed by atoms with Gasteiger partial charge >= 0.3 is 0 Å². The summed E-state index contributed by atoms with van der Waals surface area (Å²) in [6, 6.07) is 3.20. The maximum absolute atomic E-state index is 11.8. The van der Waals surface area contributed by atoms with E-state index in [9.17, 15) is 4.79 Å². The zero-order valence-corrected chi connectivity index (χ0v) is 10.1. The van der Waals surface area contributed by atoms with E-state index < -0.39 is 0 Å². The largest absolute Gasteiger partial charge is 0.454 e. The highest BCUT2D eigenvalue weighted by atomic mass is 35.5. The summed E-state index contributed by atoms with van der Waals surface area (Å²) in [6.07, 6.45) is 0. The van der Waals surface area contributed by atoms with Crippen LogP contribution in [0.3, 0.4) is 0 Å². The minimum atomic E-state index is -0.180. The van der Waals surface area contributed by atoms with E-state index in [0.717, 1.165) is 0 Å². The molecule has 5 nitrogen and oxygen atoms in total. The highest BCUT2D eigenvalue weighted by molar-refractivity contribution is 6.32. The number of hydrogen-bond acceptors (Lipinski definition) is 4. The van der Waals surface area contributed by atoms with Crippen molar-refractivity contribution < 1.29 is 14.3 Å². The number of halogens is 1. The first-order valence-corrected chi connectivity index (χ1v) is 5.62. The Bertz CT molecular complexity index is 437. The molecule has 1 aromatic carbocycles. The lowest BCUT2D eigenvalue weighted by Gasteiger charge is -2.06. The lowest BCUT2D eigenvalue weighted by Crippen LogP contribution is -2.30. The molecule has 0 fully saturated rings. The van der Waals surface area contributed by atoms with Crippen LogP contribution < -0.4 is 20.1 Å². The van der Waals surface area contributed by atoms with E-state index in [1.165, 1.54) is 0 Å². The molecule has 6 heteroatoms. The van der Waals surface area contributed by atoms with Gasteiger partial charge in [-0.15, -0.1) is 0 Å². The quantitative estimate of drug-likeness (QED) is 0.790. The van der Waals surface area contributed by atoms with E-state index in [-0.39, 0.29) is 12.7 Å². The molecule has 0 radical (unpaired) electrons. The fourth-order valence-electron chi connectivity index (χ4n) is 1.50. The van der Waals surface area contributed by atoms with Crippen molar-refractivity contribution in [1.82, 2.24) is 10.6 Å². The van der Waals surface area contributed by atoms with Crippen LogP contribution in [0.2, 0.25) is 5.02 Å². The monoisotopic (exact) mass is 256 g/mol. The topological polar surface area (TPSA) is 59.6 Å². The van der Waals surface area contributed by atoms with Gasteiger partial charge in [0.15, 0.2) is 11.5 Å². The minimum absolute atomic E-state index is 0.139. The second-order valence-corrected chi connectivity index (χ2v) is 3.96. The SMILES string of the molecule is CNCCNC(=O)c1cc(Cl)c2c(c1)OCO2. The summed E-state index contributed by atoms with van der Waals surface area (Å²) in [4.78, 5) is 11.8. The molecule has 0 unspecified atom stereocenters. The van der Waals surface area contributed by atoms with Crippen LogP contribution in [0.4, 0.5) is 0 Å². The van der Waals surface area contributed by atoms with E-state index in [1.807, 2.05) is 7.05 Å². The van der Waals surface area contributed by atoms with Crippen LogP contribution in [0.5, 0.6) is 11.5 Å². The van der Waals surface area contributed by atoms with Gasteiger partial charge in [-0.25, -0.2) is 0 Å². The van der Waals surface area contributed by atoms with Crippen molar-refractivity contribution in [1.29, 1.82) is 0 Å². The number of carbonyl (C=O) groups excluding carboxylic acids is 1.